The fraction of sp³-hybridized carbons (Fsp3) is 0.875. The first kappa shape index (κ1) is 19.7. The van der Waals surface area contributed by atoms with Crippen LogP contribution in [0.1, 0.15) is 58.3 Å². The summed E-state index contributed by atoms with van der Waals surface area (Å²) >= 11 is 0. The number of ether oxygens (including phenoxy) is 5. The van der Waals surface area contributed by atoms with Crippen molar-refractivity contribution in [3.05, 3.63) is 11.6 Å². The van der Waals surface area contributed by atoms with Crippen LogP contribution in [0.25, 0.3) is 0 Å². The molecule has 4 aliphatic carbocycles. The van der Waals surface area contributed by atoms with Crippen molar-refractivity contribution < 1.29 is 28.5 Å². The summed E-state index contributed by atoms with van der Waals surface area (Å²) < 4.78 is 30.0. The second-order valence-electron chi connectivity index (χ2n) is 10.5. The van der Waals surface area contributed by atoms with Gasteiger partial charge in [0.05, 0.1) is 39.0 Å². The van der Waals surface area contributed by atoms with Gasteiger partial charge in [0.25, 0.3) is 0 Å². The van der Waals surface area contributed by atoms with E-state index in [4.69, 9.17) is 23.7 Å². The summed E-state index contributed by atoms with van der Waals surface area (Å²) in [6.07, 6.45) is 9.75. The third-order valence-electron chi connectivity index (χ3n) is 9.80. The Morgan fingerprint density at radius 1 is 0.967 bits per heavy atom. The number of esters is 1. The monoisotopic (exact) mass is 418 g/mol. The molecule has 0 N–H and O–H groups in total. The molecule has 5 unspecified atom stereocenters. The molecular formula is C24H34O6. The van der Waals surface area contributed by atoms with Crippen molar-refractivity contribution in [2.75, 3.05) is 33.5 Å². The predicted octanol–water partition coefficient (Wildman–Crippen LogP) is 3.59. The molecule has 5 atom stereocenters. The van der Waals surface area contributed by atoms with Gasteiger partial charge in [0.15, 0.2) is 11.6 Å². The Morgan fingerprint density at radius 3 is 2.40 bits per heavy atom. The van der Waals surface area contributed by atoms with E-state index in [1.807, 2.05) is 0 Å². The molecule has 0 bridgehead atoms. The van der Waals surface area contributed by atoms with Crippen molar-refractivity contribution in [1.82, 2.24) is 0 Å². The molecular weight excluding hydrogens is 384 g/mol. The second-order valence-corrected chi connectivity index (χ2v) is 10.5. The average Bonchev–Trinajstić information content (AvgIpc) is 3.49. The zero-order valence-electron chi connectivity index (χ0n) is 18.2. The highest BCUT2D eigenvalue weighted by Gasteiger charge is 2.69. The molecule has 6 rings (SSSR count). The number of fused-ring (bicyclic) bond motifs is 6. The molecule has 0 aromatic heterocycles. The van der Waals surface area contributed by atoms with Crippen molar-refractivity contribution in [2.24, 2.45) is 28.6 Å². The number of hydrogen-bond donors (Lipinski definition) is 0. The Kier molecular flexibility index (Phi) is 4.29. The van der Waals surface area contributed by atoms with Gasteiger partial charge in [0.2, 0.25) is 0 Å². The molecule has 2 aliphatic heterocycles. The van der Waals surface area contributed by atoms with E-state index in [-0.39, 0.29) is 11.4 Å². The van der Waals surface area contributed by atoms with Crippen LogP contribution >= 0.6 is 0 Å². The van der Waals surface area contributed by atoms with Gasteiger partial charge in [-0.3, -0.25) is 4.79 Å². The lowest BCUT2D eigenvalue weighted by atomic mass is 9.47. The van der Waals surface area contributed by atoms with E-state index in [9.17, 15) is 4.79 Å². The average molecular weight is 419 g/mol. The zero-order valence-corrected chi connectivity index (χ0v) is 18.2. The van der Waals surface area contributed by atoms with Crippen LogP contribution in [0.5, 0.6) is 0 Å². The zero-order chi connectivity index (χ0) is 20.6. The number of methoxy groups -OCH3 is 1. The normalized spacial score (nSPS) is 45.7. The maximum Gasteiger partial charge on any atom is 0.316 e. The van der Waals surface area contributed by atoms with Crippen LogP contribution in [0.4, 0.5) is 0 Å². The highest BCUT2D eigenvalue weighted by Crippen LogP contribution is 2.69. The van der Waals surface area contributed by atoms with Gasteiger partial charge < -0.3 is 23.7 Å². The second kappa shape index (κ2) is 6.53. The minimum absolute atomic E-state index is 0.0287. The summed E-state index contributed by atoms with van der Waals surface area (Å²) in [4.78, 5) is 13.4. The predicted molar refractivity (Wildman–Crippen MR) is 107 cm³/mol. The van der Waals surface area contributed by atoms with E-state index in [0.29, 0.717) is 50.6 Å². The highest BCUT2D eigenvalue weighted by molar-refractivity contribution is 5.82. The quantitative estimate of drug-likeness (QED) is 0.479. The van der Waals surface area contributed by atoms with Crippen molar-refractivity contribution in [2.45, 2.75) is 69.9 Å². The summed E-state index contributed by atoms with van der Waals surface area (Å²) in [5, 5.41) is 0. The van der Waals surface area contributed by atoms with Gasteiger partial charge in [-0.05, 0) is 49.9 Å². The molecule has 0 aromatic carbocycles. The van der Waals surface area contributed by atoms with E-state index < -0.39 is 17.0 Å². The van der Waals surface area contributed by atoms with Crippen LogP contribution in [0.3, 0.4) is 0 Å². The van der Waals surface area contributed by atoms with Gasteiger partial charge in [0, 0.05) is 24.7 Å². The van der Waals surface area contributed by atoms with Crippen LogP contribution in [0.15, 0.2) is 11.6 Å². The minimum Gasteiger partial charge on any atom is -0.468 e. The summed E-state index contributed by atoms with van der Waals surface area (Å²) in [5.74, 6) is 0.316. The van der Waals surface area contributed by atoms with Gasteiger partial charge in [0.1, 0.15) is 0 Å². The lowest BCUT2D eigenvalue weighted by Gasteiger charge is -2.58. The third-order valence-corrected chi connectivity index (χ3v) is 9.80. The fourth-order valence-electron chi connectivity index (χ4n) is 8.46. The van der Waals surface area contributed by atoms with Crippen LogP contribution in [0.2, 0.25) is 0 Å². The molecule has 30 heavy (non-hydrogen) atoms. The molecule has 6 nitrogen and oxygen atoms in total. The molecule has 0 aromatic rings. The SMILES string of the molecule is COC(=O)C12CCC3(CC1=CCC1C2CCC2(C)C1CCC21OCCO1)OCCO3. The standard InChI is InChI=1S/C24H34O6/c1-21-7-5-19-17(18(21)6-8-24(21)29-13-14-30-24)4-3-16-15-22(27-11-12-28-22)9-10-23(16,19)20(25)26-2/h3,17-19H,4-15H2,1-2H3. The van der Waals surface area contributed by atoms with Gasteiger partial charge in [-0.25, -0.2) is 0 Å². The van der Waals surface area contributed by atoms with E-state index in [1.54, 1.807) is 7.11 Å². The number of allylic oxidation sites excluding steroid dienone is 1. The number of hydrogen-bond acceptors (Lipinski definition) is 6. The lowest BCUT2D eigenvalue weighted by molar-refractivity contribution is -0.244. The van der Waals surface area contributed by atoms with E-state index >= 15 is 0 Å². The molecule has 5 fully saturated rings. The van der Waals surface area contributed by atoms with Gasteiger partial charge in [-0.1, -0.05) is 18.6 Å². The molecule has 6 heteroatoms. The summed E-state index contributed by atoms with van der Waals surface area (Å²) in [7, 11) is 1.54. The molecule has 2 spiro atoms. The van der Waals surface area contributed by atoms with E-state index in [1.165, 1.54) is 5.57 Å². The molecule has 6 aliphatic rings. The van der Waals surface area contributed by atoms with E-state index in [0.717, 1.165) is 44.9 Å². The van der Waals surface area contributed by atoms with Crippen molar-refractivity contribution in [3.8, 4) is 0 Å². The van der Waals surface area contributed by atoms with Crippen LogP contribution in [0, 0.1) is 28.6 Å². The summed E-state index contributed by atoms with van der Waals surface area (Å²) in [5.41, 5.74) is 0.710. The Labute approximate surface area is 178 Å². The Balaban J connectivity index is 1.38. The van der Waals surface area contributed by atoms with Gasteiger partial charge >= 0.3 is 5.97 Å². The van der Waals surface area contributed by atoms with Gasteiger partial charge in [-0.2, -0.15) is 0 Å². The van der Waals surface area contributed by atoms with Crippen LogP contribution < -0.4 is 0 Å². The minimum atomic E-state index is -0.525. The highest BCUT2D eigenvalue weighted by atomic mass is 16.7. The van der Waals surface area contributed by atoms with Crippen molar-refractivity contribution in [3.63, 3.8) is 0 Å². The van der Waals surface area contributed by atoms with Gasteiger partial charge in [-0.15, -0.1) is 0 Å². The fourth-order valence-corrected chi connectivity index (χ4v) is 8.46. The Bertz CT molecular complexity index is 764. The Morgan fingerprint density at radius 2 is 1.67 bits per heavy atom. The molecule has 2 heterocycles. The maximum absolute atomic E-state index is 13.4. The topological polar surface area (TPSA) is 63.2 Å². The third kappa shape index (κ3) is 2.31. The van der Waals surface area contributed by atoms with E-state index in [2.05, 4.69) is 13.0 Å². The number of carbonyl (C=O) groups is 1. The molecule has 2 saturated heterocycles. The number of rotatable bonds is 1. The van der Waals surface area contributed by atoms with Crippen LogP contribution in [-0.2, 0) is 28.5 Å². The Hall–Kier alpha value is -0.950. The molecule has 0 radical (unpaired) electrons. The largest absolute Gasteiger partial charge is 0.468 e. The number of carbonyl (C=O) groups excluding carboxylic acids is 1. The summed E-state index contributed by atoms with van der Waals surface area (Å²) in [6, 6.07) is 0. The first-order chi connectivity index (χ1) is 14.5. The molecule has 3 saturated carbocycles. The smallest absolute Gasteiger partial charge is 0.316 e. The molecule has 166 valence electrons. The van der Waals surface area contributed by atoms with Crippen molar-refractivity contribution in [1.29, 1.82) is 0 Å². The van der Waals surface area contributed by atoms with Crippen molar-refractivity contribution >= 4 is 5.97 Å². The summed E-state index contributed by atoms with van der Waals surface area (Å²) in [6.45, 7) is 5.08. The first-order valence-electron chi connectivity index (χ1n) is 11.8. The maximum atomic E-state index is 13.4. The lowest BCUT2D eigenvalue weighted by Crippen LogP contribution is -2.58. The molecule has 0 amide bonds. The first-order valence-corrected chi connectivity index (χ1v) is 11.8. The van der Waals surface area contributed by atoms with Crippen LogP contribution in [-0.4, -0.2) is 51.1 Å².